The molecule has 2 nitrogen and oxygen atoms in total. The van der Waals surface area contributed by atoms with Crippen molar-refractivity contribution in [1.29, 1.82) is 0 Å². The van der Waals surface area contributed by atoms with Gasteiger partial charge in [-0.05, 0) is 36.6 Å². The summed E-state index contributed by atoms with van der Waals surface area (Å²) in [7, 11) is 0. The maximum Gasteiger partial charge on any atom is 0.122 e. The highest BCUT2D eigenvalue weighted by atomic mass is 16.3. The van der Waals surface area contributed by atoms with Crippen molar-refractivity contribution in [3.05, 3.63) is 28.8 Å². The second kappa shape index (κ2) is 5.75. The molecule has 0 aliphatic heterocycles. The second-order valence-electron chi connectivity index (χ2n) is 6.01. The van der Waals surface area contributed by atoms with E-state index in [4.69, 9.17) is 0 Å². The van der Waals surface area contributed by atoms with Gasteiger partial charge in [-0.1, -0.05) is 46.8 Å². The molecule has 1 aromatic carbocycles. The van der Waals surface area contributed by atoms with Crippen LogP contribution in [0.3, 0.4) is 0 Å². The van der Waals surface area contributed by atoms with Gasteiger partial charge in [0.15, 0.2) is 0 Å². The van der Waals surface area contributed by atoms with Gasteiger partial charge < -0.3 is 5.11 Å². The smallest absolute Gasteiger partial charge is 0.122 e. The standard InChI is InChI=1S/C16H27NO/c1-7-17(8-2)11-13-10-14(16(4,5)6)9-12(3)15(13)18/h9-10,18H,7-8,11H2,1-6H3. The van der Waals surface area contributed by atoms with Crippen molar-refractivity contribution < 1.29 is 5.11 Å². The summed E-state index contributed by atoms with van der Waals surface area (Å²) in [6.07, 6.45) is 0. The molecule has 0 radical (unpaired) electrons. The Balaban J connectivity index is 3.14. The fraction of sp³-hybridized carbons (Fsp3) is 0.625. The van der Waals surface area contributed by atoms with Crippen LogP contribution in [0.1, 0.15) is 51.3 Å². The topological polar surface area (TPSA) is 23.5 Å². The number of phenols is 1. The van der Waals surface area contributed by atoms with Gasteiger partial charge in [-0.3, -0.25) is 4.90 Å². The van der Waals surface area contributed by atoms with E-state index in [-0.39, 0.29) is 5.41 Å². The number of rotatable bonds is 4. The van der Waals surface area contributed by atoms with E-state index in [1.165, 1.54) is 5.56 Å². The molecule has 0 atom stereocenters. The highest BCUT2D eigenvalue weighted by molar-refractivity contribution is 5.44. The fourth-order valence-corrected chi connectivity index (χ4v) is 2.09. The lowest BCUT2D eigenvalue weighted by atomic mass is 9.85. The fourth-order valence-electron chi connectivity index (χ4n) is 2.09. The van der Waals surface area contributed by atoms with Crippen molar-refractivity contribution in [2.75, 3.05) is 13.1 Å². The van der Waals surface area contributed by atoms with Gasteiger partial charge in [0.1, 0.15) is 5.75 Å². The normalized spacial score (nSPS) is 12.2. The summed E-state index contributed by atoms with van der Waals surface area (Å²) < 4.78 is 0. The minimum atomic E-state index is 0.121. The molecular weight excluding hydrogens is 222 g/mol. The molecule has 0 amide bonds. The third-order valence-electron chi connectivity index (χ3n) is 3.53. The summed E-state index contributed by atoms with van der Waals surface area (Å²) in [6.45, 7) is 15.8. The van der Waals surface area contributed by atoms with E-state index in [2.05, 4.69) is 51.7 Å². The van der Waals surface area contributed by atoms with Gasteiger partial charge in [-0.15, -0.1) is 0 Å². The monoisotopic (exact) mass is 249 g/mol. The molecule has 1 rings (SSSR count). The van der Waals surface area contributed by atoms with Crippen molar-refractivity contribution >= 4 is 0 Å². The Morgan fingerprint density at radius 1 is 1.11 bits per heavy atom. The van der Waals surface area contributed by atoms with E-state index in [1.54, 1.807) is 0 Å². The summed E-state index contributed by atoms with van der Waals surface area (Å²) in [5, 5.41) is 10.2. The Labute approximate surface area is 112 Å². The van der Waals surface area contributed by atoms with Gasteiger partial charge in [0, 0.05) is 12.1 Å². The SMILES string of the molecule is CCN(CC)Cc1cc(C(C)(C)C)cc(C)c1O. The Morgan fingerprint density at radius 2 is 1.67 bits per heavy atom. The molecule has 0 saturated carbocycles. The van der Waals surface area contributed by atoms with Crippen LogP contribution < -0.4 is 0 Å². The van der Waals surface area contributed by atoms with Crippen LogP contribution in [0.2, 0.25) is 0 Å². The van der Waals surface area contributed by atoms with Gasteiger partial charge >= 0.3 is 0 Å². The highest BCUT2D eigenvalue weighted by Gasteiger charge is 2.18. The summed E-state index contributed by atoms with van der Waals surface area (Å²) in [5.74, 6) is 0.454. The summed E-state index contributed by atoms with van der Waals surface area (Å²) in [4.78, 5) is 2.32. The molecule has 0 aromatic heterocycles. The number of aromatic hydroxyl groups is 1. The number of nitrogens with zero attached hydrogens (tertiary/aromatic N) is 1. The lowest BCUT2D eigenvalue weighted by Gasteiger charge is -2.24. The minimum absolute atomic E-state index is 0.121. The van der Waals surface area contributed by atoms with E-state index in [0.717, 1.165) is 30.8 Å². The predicted molar refractivity (Wildman–Crippen MR) is 78.2 cm³/mol. The zero-order valence-electron chi connectivity index (χ0n) is 12.7. The first kappa shape index (κ1) is 15.0. The molecule has 2 heteroatoms. The number of phenolic OH excluding ortho intramolecular Hbond substituents is 1. The maximum absolute atomic E-state index is 10.2. The Hall–Kier alpha value is -1.02. The first-order valence-electron chi connectivity index (χ1n) is 6.84. The molecule has 0 saturated heterocycles. The molecule has 1 N–H and O–H groups in total. The molecule has 1 aromatic rings. The van der Waals surface area contributed by atoms with E-state index in [9.17, 15) is 5.11 Å². The molecule has 102 valence electrons. The van der Waals surface area contributed by atoms with E-state index in [0.29, 0.717) is 5.75 Å². The second-order valence-corrected chi connectivity index (χ2v) is 6.01. The van der Waals surface area contributed by atoms with Gasteiger partial charge in [0.25, 0.3) is 0 Å². The molecule has 0 spiro atoms. The Morgan fingerprint density at radius 3 is 2.11 bits per heavy atom. The molecule has 0 heterocycles. The number of aryl methyl sites for hydroxylation is 1. The molecular formula is C16H27NO. The maximum atomic E-state index is 10.2. The van der Waals surface area contributed by atoms with E-state index >= 15 is 0 Å². The molecule has 18 heavy (non-hydrogen) atoms. The Bertz CT molecular complexity index is 400. The lowest BCUT2D eigenvalue weighted by Crippen LogP contribution is -2.23. The van der Waals surface area contributed by atoms with Gasteiger partial charge in [-0.2, -0.15) is 0 Å². The number of hydrogen-bond acceptors (Lipinski definition) is 2. The molecule has 0 aliphatic rings. The summed E-state index contributed by atoms with van der Waals surface area (Å²) >= 11 is 0. The van der Waals surface area contributed by atoms with Crippen LogP contribution in [0, 0.1) is 6.92 Å². The minimum Gasteiger partial charge on any atom is -0.507 e. The van der Waals surface area contributed by atoms with Crippen LogP contribution in [0.15, 0.2) is 12.1 Å². The van der Waals surface area contributed by atoms with Crippen molar-refractivity contribution in [3.63, 3.8) is 0 Å². The molecule has 0 unspecified atom stereocenters. The highest BCUT2D eigenvalue weighted by Crippen LogP contribution is 2.31. The van der Waals surface area contributed by atoms with Crippen molar-refractivity contribution in [2.45, 2.75) is 53.5 Å². The van der Waals surface area contributed by atoms with Gasteiger partial charge in [0.05, 0.1) is 0 Å². The van der Waals surface area contributed by atoms with Crippen LogP contribution in [0.5, 0.6) is 5.75 Å². The molecule has 0 fully saturated rings. The zero-order valence-corrected chi connectivity index (χ0v) is 12.7. The van der Waals surface area contributed by atoms with Crippen molar-refractivity contribution in [3.8, 4) is 5.75 Å². The van der Waals surface area contributed by atoms with Gasteiger partial charge in [-0.25, -0.2) is 0 Å². The Kier molecular flexibility index (Phi) is 4.80. The van der Waals surface area contributed by atoms with Crippen molar-refractivity contribution in [1.82, 2.24) is 4.90 Å². The zero-order chi connectivity index (χ0) is 13.9. The quantitative estimate of drug-likeness (QED) is 0.876. The summed E-state index contributed by atoms with van der Waals surface area (Å²) in [6, 6.07) is 4.25. The van der Waals surface area contributed by atoms with Crippen LogP contribution in [0.4, 0.5) is 0 Å². The van der Waals surface area contributed by atoms with Crippen LogP contribution in [0.25, 0.3) is 0 Å². The third kappa shape index (κ3) is 3.49. The third-order valence-corrected chi connectivity index (χ3v) is 3.53. The number of hydrogen-bond donors (Lipinski definition) is 1. The predicted octanol–water partition coefficient (Wildman–Crippen LogP) is 3.84. The first-order valence-corrected chi connectivity index (χ1v) is 6.84. The van der Waals surface area contributed by atoms with Gasteiger partial charge in [0.2, 0.25) is 0 Å². The average molecular weight is 249 g/mol. The van der Waals surface area contributed by atoms with E-state index < -0.39 is 0 Å². The van der Waals surface area contributed by atoms with Crippen LogP contribution >= 0.6 is 0 Å². The van der Waals surface area contributed by atoms with Crippen molar-refractivity contribution in [2.24, 2.45) is 0 Å². The molecule has 0 aliphatic carbocycles. The van der Waals surface area contributed by atoms with E-state index in [1.807, 2.05) is 6.92 Å². The largest absolute Gasteiger partial charge is 0.507 e. The molecule has 0 bridgehead atoms. The van der Waals surface area contributed by atoms with Crippen LogP contribution in [-0.4, -0.2) is 23.1 Å². The first-order chi connectivity index (χ1) is 8.29. The van der Waals surface area contributed by atoms with Crippen LogP contribution in [-0.2, 0) is 12.0 Å². The lowest BCUT2D eigenvalue weighted by molar-refractivity contribution is 0.290. The average Bonchev–Trinajstić information content (AvgIpc) is 2.29. The number of benzene rings is 1. The summed E-state index contributed by atoms with van der Waals surface area (Å²) in [5.41, 5.74) is 3.43.